The number of aliphatic hydroxyl groups is 1. The molecule has 0 spiro atoms. The number of aliphatic hydroxyl groups excluding tert-OH is 1. The molecule has 10 heavy (non-hydrogen) atoms. The quantitative estimate of drug-likeness (QED) is 0.601. The number of pyridine rings is 1. The van der Waals surface area contributed by atoms with Gasteiger partial charge >= 0.3 is 0 Å². The van der Waals surface area contributed by atoms with Gasteiger partial charge in [-0.1, -0.05) is 0 Å². The first kappa shape index (κ1) is 7.57. The molecular weight excluding hydrogens is 146 g/mol. The maximum Gasteiger partial charge on any atom is 0.0931 e. The molecule has 1 aromatic heterocycles. The Morgan fingerprint density at radius 3 is 2.70 bits per heavy atom. The number of thiol groups is 1. The lowest BCUT2D eigenvalue weighted by Crippen LogP contribution is -1.93. The highest BCUT2D eigenvalue weighted by molar-refractivity contribution is 7.80. The van der Waals surface area contributed by atoms with Crippen molar-refractivity contribution < 1.29 is 5.11 Å². The molecule has 0 aliphatic heterocycles. The highest BCUT2D eigenvalue weighted by Crippen LogP contribution is 2.10. The average Bonchev–Trinajstić information content (AvgIpc) is 1.88. The number of rotatable bonds is 1. The summed E-state index contributed by atoms with van der Waals surface area (Å²) in [5.74, 6) is 0. The van der Waals surface area contributed by atoms with Crippen molar-refractivity contribution >= 4 is 12.6 Å². The molecular formula is C7H9NOS. The predicted molar refractivity (Wildman–Crippen MR) is 42.1 cm³/mol. The summed E-state index contributed by atoms with van der Waals surface area (Å²) in [4.78, 5) is 4.76. The molecule has 1 rings (SSSR count). The number of nitrogens with zero attached hydrogens (tertiary/aromatic N) is 1. The normalized spacial score (nSPS) is 13.1. The van der Waals surface area contributed by atoms with Gasteiger partial charge < -0.3 is 5.11 Å². The smallest absolute Gasteiger partial charge is 0.0931 e. The van der Waals surface area contributed by atoms with Crippen LogP contribution < -0.4 is 0 Å². The van der Waals surface area contributed by atoms with Crippen LogP contribution in [-0.2, 0) is 0 Å². The minimum Gasteiger partial charge on any atom is -0.387 e. The van der Waals surface area contributed by atoms with Crippen LogP contribution in [0.3, 0.4) is 0 Å². The van der Waals surface area contributed by atoms with Gasteiger partial charge in [0.2, 0.25) is 0 Å². The van der Waals surface area contributed by atoms with E-state index < -0.39 is 6.10 Å². The molecule has 0 aliphatic carbocycles. The molecule has 1 unspecified atom stereocenters. The van der Waals surface area contributed by atoms with Gasteiger partial charge in [0, 0.05) is 11.1 Å². The summed E-state index contributed by atoms with van der Waals surface area (Å²) in [6.45, 7) is 1.68. The Balaban J connectivity index is 2.89. The van der Waals surface area contributed by atoms with Crippen molar-refractivity contribution in [1.82, 2.24) is 4.98 Å². The van der Waals surface area contributed by atoms with Crippen LogP contribution in [0.15, 0.2) is 23.2 Å². The van der Waals surface area contributed by atoms with E-state index in [1.54, 1.807) is 25.3 Å². The molecule has 3 heteroatoms. The Labute approximate surface area is 65.3 Å². The SMILES string of the molecule is CC(O)c1ccc(S)cn1. The molecule has 1 aromatic rings. The summed E-state index contributed by atoms with van der Waals surface area (Å²) < 4.78 is 0. The fourth-order valence-electron chi connectivity index (χ4n) is 0.645. The van der Waals surface area contributed by atoms with Crippen molar-refractivity contribution in [3.05, 3.63) is 24.0 Å². The summed E-state index contributed by atoms with van der Waals surface area (Å²) in [6.07, 6.45) is 1.12. The monoisotopic (exact) mass is 155 g/mol. The maximum absolute atomic E-state index is 9.03. The predicted octanol–water partition coefficient (Wildman–Crippen LogP) is 1.42. The van der Waals surface area contributed by atoms with E-state index in [2.05, 4.69) is 17.6 Å². The molecule has 0 aromatic carbocycles. The zero-order chi connectivity index (χ0) is 7.56. The molecule has 54 valence electrons. The van der Waals surface area contributed by atoms with Gasteiger partial charge in [-0.15, -0.1) is 12.6 Å². The van der Waals surface area contributed by atoms with Gasteiger partial charge in [0.15, 0.2) is 0 Å². The van der Waals surface area contributed by atoms with Crippen molar-refractivity contribution in [3.63, 3.8) is 0 Å². The third kappa shape index (κ3) is 1.72. The second-order valence-electron chi connectivity index (χ2n) is 2.12. The summed E-state index contributed by atoms with van der Waals surface area (Å²) in [7, 11) is 0. The lowest BCUT2D eigenvalue weighted by Gasteiger charge is -2.01. The zero-order valence-corrected chi connectivity index (χ0v) is 6.55. The largest absolute Gasteiger partial charge is 0.387 e. The van der Waals surface area contributed by atoms with E-state index in [9.17, 15) is 0 Å². The molecule has 0 saturated heterocycles. The standard InChI is InChI=1S/C7H9NOS/c1-5(9)7-3-2-6(10)4-8-7/h2-5,9-10H,1H3. The first-order chi connectivity index (χ1) is 4.70. The Bertz CT molecular complexity index is 207. The molecule has 1 N–H and O–H groups in total. The second kappa shape index (κ2) is 3.03. The van der Waals surface area contributed by atoms with E-state index in [4.69, 9.17) is 5.11 Å². The minimum absolute atomic E-state index is 0.492. The third-order valence-corrected chi connectivity index (χ3v) is 1.46. The van der Waals surface area contributed by atoms with Gasteiger partial charge in [-0.2, -0.15) is 0 Å². The molecule has 0 amide bonds. The van der Waals surface area contributed by atoms with Crippen molar-refractivity contribution in [2.45, 2.75) is 17.9 Å². The first-order valence-electron chi connectivity index (χ1n) is 3.03. The topological polar surface area (TPSA) is 33.1 Å². The first-order valence-corrected chi connectivity index (χ1v) is 3.48. The maximum atomic E-state index is 9.03. The van der Waals surface area contributed by atoms with Crippen molar-refractivity contribution in [2.24, 2.45) is 0 Å². The van der Waals surface area contributed by atoms with Gasteiger partial charge in [-0.05, 0) is 19.1 Å². The van der Waals surface area contributed by atoms with Crippen molar-refractivity contribution in [3.8, 4) is 0 Å². The van der Waals surface area contributed by atoms with Crippen LogP contribution in [0.2, 0.25) is 0 Å². The second-order valence-corrected chi connectivity index (χ2v) is 2.63. The minimum atomic E-state index is -0.492. The Morgan fingerprint density at radius 1 is 1.60 bits per heavy atom. The average molecular weight is 155 g/mol. The fraction of sp³-hybridized carbons (Fsp3) is 0.286. The van der Waals surface area contributed by atoms with E-state index >= 15 is 0 Å². The van der Waals surface area contributed by atoms with Crippen LogP contribution in [-0.4, -0.2) is 10.1 Å². The molecule has 1 atom stereocenters. The van der Waals surface area contributed by atoms with Gasteiger partial charge in [0.1, 0.15) is 0 Å². The summed E-state index contributed by atoms with van der Waals surface area (Å²) >= 11 is 4.06. The van der Waals surface area contributed by atoms with E-state index in [0.29, 0.717) is 5.69 Å². The molecule has 0 bridgehead atoms. The molecule has 0 fully saturated rings. The van der Waals surface area contributed by atoms with E-state index in [1.165, 1.54) is 0 Å². The summed E-state index contributed by atoms with van der Waals surface area (Å²) in [6, 6.07) is 3.56. The Kier molecular flexibility index (Phi) is 2.29. The fourth-order valence-corrected chi connectivity index (χ4v) is 0.777. The van der Waals surface area contributed by atoms with Crippen LogP contribution in [0.1, 0.15) is 18.7 Å². The van der Waals surface area contributed by atoms with E-state index in [-0.39, 0.29) is 0 Å². The molecule has 0 radical (unpaired) electrons. The van der Waals surface area contributed by atoms with Gasteiger partial charge in [-0.25, -0.2) is 0 Å². The number of aromatic nitrogens is 1. The molecule has 1 heterocycles. The lowest BCUT2D eigenvalue weighted by molar-refractivity contribution is 0.194. The van der Waals surface area contributed by atoms with Crippen LogP contribution in [0.5, 0.6) is 0 Å². The molecule has 0 saturated carbocycles. The van der Waals surface area contributed by atoms with Crippen molar-refractivity contribution in [2.75, 3.05) is 0 Å². The Morgan fingerprint density at radius 2 is 2.30 bits per heavy atom. The van der Waals surface area contributed by atoms with Crippen LogP contribution in [0, 0.1) is 0 Å². The van der Waals surface area contributed by atoms with Crippen LogP contribution in [0.25, 0.3) is 0 Å². The summed E-state index contributed by atoms with van der Waals surface area (Å²) in [5.41, 5.74) is 0.679. The molecule has 2 nitrogen and oxygen atoms in total. The number of hydrogen-bond acceptors (Lipinski definition) is 3. The molecule has 0 aliphatic rings. The van der Waals surface area contributed by atoms with Crippen molar-refractivity contribution in [1.29, 1.82) is 0 Å². The van der Waals surface area contributed by atoms with Gasteiger partial charge in [0.25, 0.3) is 0 Å². The number of hydrogen-bond donors (Lipinski definition) is 2. The van der Waals surface area contributed by atoms with E-state index in [1.807, 2.05) is 0 Å². The van der Waals surface area contributed by atoms with E-state index in [0.717, 1.165) is 4.90 Å². The zero-order valence-electron chi connectivity index (χ0n) is 5.65. The Hall–Kier alpha value is -0.540. The van der Waals surface area contributed by atoms with Gasteiger partial charge in [-0.3, -0.25) is 4.98 Å². The van der Waals surface area contributed by atoms with Crippen LogP contribution >= 0.6 is 12.6 Å². The van der Waals surface area contributed by atoms with Crippen LogP contribution in [0.4, 0.5) is 0 Å². The highest BCUT2D eigenvalue weighted by Gasteiger charge is 1.99. The lowest BCUT2D eigenvalue weighted by atomic mass is 10.2. The highest BCUT2D eigenvalue weighted by atomic mass is 32.1. The third-order valence-electron chi connectivity index (χ3n) is 1.20. The summed E-state index contributed by atoms with van der Waals surface area (Å²) in [5, 5.41) is 9.03. The van der Waals surface area contributed by atoms with Gasteiger partial charge in [0.05, 0.1) is 11.8 Å².